The van der Waals surface area contributed by atoms with Gasteiger partial charge in [0, 0.05) is 23.9 Å². The lowest BCUT2D eigenvalue weighted by Crippen LogP contribution is -2.27. The Hall–Kier alpha value is -2.39. The Morgan fingerprint density at radius 1 is 1.00 bits per heavy atom. The molecule has 0 atom stereocenters. The molecule has 2 aromatic carbocycles. The minimum absolute atomic E-state index is 0.0228. The Kier molecular flexibility index (Phi) is 5.43. The zero-order valence-corrected chi connectivity index (χ0v) is 16.7. The Balaban J connectivity index is 2.59. The summed E-state index contributed by atoms with van der Waals surface area (Å²) in [6.45, 7) is 13.8. The van der Waals surface area contributed by atoms with E-state index in [1.54, 1.807) is 13.8 Å². The number of rotatable bonds is 5. The topological polar surface area (TPSA) is 56.1 Å². The molecule has 3 heteroatoms. The van der Waals surface area contributed by atoms with Crippen LogP contribution in [-0.4, -0.2) is 23.5 Å². The minimum atomic E-state index is -1.12. The molecule has 0 aliphatic rings. The molecule has 26 heavy (non-hydrogen) atoms. The molecule has 0 aliphatic heterocycles. The summed E-state index contributed by atoms with van der Waals surface area (Å²) in [6, 6.07) is 14.4. The van der Waals surface area contributed by atoms with E-state index in [0.29, 0.717) is 5.57 Å². The Bertz CT molecular complexity index is 819. The van der Waals surface area contributed by atoms with Gasteiger partial charge in [-0.1, -0.05) is 51.6 Å². The summed E-state index contributed by atoms with van der Waals surface area (Å²) >= 11 is 0. The highest BCUT2D eigenvalue weighted by Gasteiger charge is 2.24. The molecule has 0 heterocycles. The van der Waals surface area contributed by atoms with Crippen LogP contribution in [0.2, 0.25) is 0 Å². The van der Waals surface area contributed by atoms with E-state index in [0.717, 1.165) is 22.4 Å². The van der Waals surface area contributed by atoms with Gasteiger partial charge >= 0.3 is 0 Å². The summed E-state index contributed by atoms with van der Waals surface area (Å²) in [5.74, 6) is 0. The molecular formula is C23H30N2O. The van der Waals surface area contributed by atoms with Gasteiger partial charge in [0.25, 0.3) is 0 Å². The maximum absolute atomic E-state index is 10.2. The van der Waals surface area contributed by atoms with Crippen LogP contribution in [0.3, 0.4) is 0 Å². The highest BCUT2D eigenvalue weighted by atomic mass is 16.3. The average Bonchev–Trinajstić information content (AvgIpc) is 2.58. The van der Waals surface area contributed by atoms with E-state index in [4.69, 9.17) is 5.41 Å². The maximum atomic E-state index is 10.2. The van der Waals surface area contributed by atoms with Gasteiger partial charge in [-0.3, -0.25) is 5.41 Å². The van der Waals surface area contributed by atoms with Crippen LogP contribution in [0, 0.1) is 5.41 Å². The van der Waals surface area contributed by atoms with Crippen molar-refractivity contribution in [3.63, 3.8) is 0 Å². The number of hydrogen-bond acceptors (Lipinski definition) is 3. The fourth-order valence-corrected chi connectivity index (χ4v) is 2.89. The van der Waals surface area contributed by atoms with Crippen molar-refractivity contribution in [1.82, 2.24) is 0 Å². The van der Waals surface area contributed by atoms with Crippen LogP contribution in [0.15, 0.2) is 54.6 Å². The zero-order valence-electron chi connectivity index (χ0n) is 16.7. The molecule has 0 aliphatic carbocycles. The van der Waals surface area contributed by atoms with Gasteiger partial charge in [-0.25, -0.2) is 0 Å². The lowest BCUT2D eigenvalue weighted by atomic mass is 9.80. The van der Waals surface area contributed by atoms with Crippen molar-refractivity contribution in [2.45, 2.75) is 45.6 Å². The summed E-state index contributed by atoms with van der Waals surface area (Å²) in [5, 5.41) is 21.8. The van der Waals surface area contributed by atoms with E-state index in [1.165, 1.54) is 5.56 Å². The van der Waals surface area contributed by atoms with Crippen LogP contribution in [-0.2, 0) is 5.41 Å². The highest BCUT2D eigenvalue weighted by Crippen LogP contribution is 2.35. The van der Waals surface area contributed by atoms with Crippen molar-refractivity contribution >= 4 is 11.4 Å². The van der Waals surface area contributed by atoms with Crippen molar-refractivity contribution < 1.29 is 5.11 Å². The van der Waals surface area contributed by atoms with Crippen LogP contribution in [0.1, 0.15) is 45.7 Å². The summed E-state index contributed by atoms with van der Waals surface area (Å²) < 4.78 is 0. The molecule has 0 unspecified atom stereocenters. The third kappa shape index (κ3) is 4.23. The van der Waals surface area contributed by atoms with Gasteiger partial charge in [0.15, 0.2) is 0 Å². The smallest absolute Gasteiger partial charge is 0.0855 e. The van der Waals surface area contributed by atoms with E-state index in [1.807, 2.05) is 19.2 Å². The minimum Gasteiger partial charge on any atom is -0.388 e. The quantitative estimate of drug-likeness (QED) is 0.633. The van der Waals surface area contributed by atoms with Crippen LogP contribution >= 0.6 is 0 Å². The summed E-state index contributed by atoms with van der Waals surface area (Å²) in [4.78, 5) is 0. The Labute approximate surface area is 157 Å². The van der Waals surface area contributed by atoms with Gasteiger partial charge in [-0.2, -0.15) is 0 Å². The molecule has 138 valence electrons. The van der Waals surface area contributed by atoms with Crippen LogP contribution in [0.25, 0.3) is 11.1 Å². The zero-order chi connectivity index (χ0) is 19.7. The Morgan fingerprint density at radius 2 is 1.58 bits per heavy atom. The molecular weight excluding hydrogens is 320 g/mol. The Morgan fingerprint density at radius 3 is 2.04 bits per heavy atom. The van der Waals surface area contributed by atoms with Crippen molar-refractivity contribution in [2.24, 2.45) is 0 Å². The first-order chi connectivity index (χ1) is 11.9. The fraction of sp³-hybridized carbons (Fsp3) is 0.348. The molecule has 0 amide bonds. The lowest BCUT2D eigenvalue weighted by Gasteiger charge is -2.26. The van der Waals surface area contributed by atoms with E-state index in [-0.39, 0.29) is 11.1 Å². The van der Waals surface area contributed by atoms with Crippen molar-refractivity contribution in [2.75, 3.05) is 12.4 Å². The monoisotopic (exact) mass is 350 g/mol. The molecule has 3 N–H and O–H groups in total. The molecule has 0 bridgehead atoms. The molecule has 0 saturated carbocycles. The number of hydrogen-bond donors (Lipinski definition) is 3. The largest absolute Gasteiger partial charge is 0.388 e. The maximum Gasteiger partial charge on any atom is 0.0855 e. The van der Waals surface area contributed by atoms with E-state index < -0.39 is 5.60 Å². The van der Waals surface area contributed by atoms with Gasteiger partial charge < -0.3 is 10.4 Å². The van der Waals surface area contributed by atoms with Crippen LogP contribution in [0.4, 0.5) is 5.69 Å². The molecule has 0 fully saturated rings. The molecule has 0 spiro atoms. The normalized spacial score (nSPS) is 12.0. The van der Waals surface area contributed by atoms with Gasteiger partial charge in [0.05, 0.1) is 11.3 Å². The van der Waals surface area contributed by atoms with Crippen LogP contribution in [0.5, 0.6) is 0 Å². The predicted molar refractivity (Wildman–Crippen MR) is 112 cm³/mol. The standard InChI is InChI=1S/C23H30N2O/c1-15(23(5,6)26)21(24)17-10-13-20(22(2,3)4)19(14-17)16-8-11-18(25-7)12-9-16/h8-14,24-26H,1H2,2-7H3. The third-order valence-corrected chi connectivity index (χ3v) is 4.64. The predicted octanol–water partition coefficient (Wildman–Crippen LogP) is 5.39. The van der Waals surface area contributed by atoms with Gasteiger partial charge in [-0.05, 0) is 54.2 Å². The lowest BCUT2D eigenvalue weighted by molar-refractivity contribution is 0.126. The van der Waals surface area contributed by atoms with E-state index in [9.17, 15) is 5.11 Å². The first-order valence-electron chi connectivity index (χ1n) is 8.89. The van der Waals surface area contributed by atoms with Gasteiger partial charge in [0.1, 0.15) is 0 Å². The van der Waals surface area contributed by atoms with Crippen molar-refractivity contribution in [1.29, 1.82) is 5.41 Å². The summed E-state index contributed by atoms with van der Waals surface area (Å²) in [6.07, 6.45) is 0. The molecule has 0 saturated heterocycles. The molecule has 2 aromatic rings. The molecule has 2 rings (SSSR count). The van der Waals surface area contributed by atoms with E-state index in [2.05, 4.69) is 63.0 Å². The second kappa shape index (κ2) is 7.08. The number of anilines is 1. The SMILES string of the molecule is C=C(C(=N)c1ccc(C(C)(C)C)c(-c2ccc(NC)cc2)c1)C(C)(C)O. The van der Waals surface area contributed by atoms with Crippen molar-refractivity contribution in [3.05, 3.63) is 65.7 Å². The highest BCUT2D eigenvalue weighted by molar-refractivity contribution is 6.12. The molecule has 3 nitrogen and oxygen atoms in total. The molecule has 0 aromatic heterocycles. The van der Waals surface area contributed by atoms with E-state index >= 15 is 0 Å². The van der Waals surface area contributed by atoms with Gasteiger partial charge in [-0.15, -0.1) is 0 Å². The third-order valence-electron chi connectivity index (χ3n) is 4.64. The number of aliphatic hydroxyl groups is 1. The molecule has 0 radical (unpaired) electrons. The van der Waals surface area contributed by atoms with Crippen LogP contribution < -0.4 is 5.32 Å². The second-order valence-electron chi connectivity index (χ2n) is 8.25. The number of benzene rings is 2. The average molecular weight is 351 g/mol. The second-order valence-corrected chi connectivity index (χ2v) is 8.25. The fourth-order valence-electron chi connectivity index (χ4n) is 2.89. The summed E-state index contributed by atoms with van der Waals surface area (Å²) in [5.41, 5.74) is 4.80. The number of nitrogens with one attached hydrogen (secondary N) is 2. The first-order valence-corrected chi connectivity index (χ1v) is 8.89. The van der Waals surface area contributed by atoms with Crippen molar-refractivity contribution in [3.8, 4) is 11.1 Å². The summed E-state index contributed by atoms with van der Waals surface area (Å²) in [7, 11) is 1.90. The van der Waals surface area contributed by atoms with Gasteiger partial charge in [0.2, 0.25) is 0 Å². The first kappa shape index (κ1) is 19.9.